The Balaban J connectivity index is 0.971. The lowest BCUT2D eigenvalue weighted by Gasteiger charge is -2.39. The molecule has 0 amide bonds. The number of nitriles is 1. The number of pyridine rings is 1. The number of nitrogens with zero attached hydrogens (tertiary/aromatic N) is 6. The van der Waals surface area contributed by atoms with E-state index in [0.29, 0.717) is 5.41 Å². The van der Waals surface area contributed by atoms with Crippen LogP contribution in [0.15, 0.2) is 73.4 Å². The molecule has 212 valence electrons. The van der Waals surface area contributed by atoms with Gasteiger partial charge in [0.1, 0.15) is 11.6 Å². The van der Waals surface area contributed by atoms with Gasteiger partial charge in [-0.1, -0.05) is 30.8 Å². The van der Waals surface area contributed by atoms with Crippen LogP contribution in [0.1, 0.15) is 41.5 Å². The fraction of sp³-hybridized carbons (Fsp3) is 0.412. The van der Waals surface area contributed by atoms with E-state index in [1.807, 2.05) is 30.5 Å². The molecule has 4 heterocycles. The third-order valence-electron chi connectivity index (χ3n) is 9.32. The number of likely N-dealkylation sites (tertiary alicyclic amines) is 1. The summed E-state index contributed by atoms with van der Waals surface area (Å²) in [6.07, 6.45) is 5.67. The van der Waals surface area contributed by atoms with Crippen molar-refractivity contribution in [1.29, 1.82) is 5.26 Å². The van der Waals surface area contributed by atoms with Crippen LogP contribution in [0.4, 0.5) is 10.2 Å². The molecule has 0 aliphatic carbocycles. The Morgan fingerprint density at radius 1 is 0.805 bits per heavy atom. The van der Waals surface area contributed by atoms with Crippen LogP contribution in [0.5, 0.6) is 0 Å². The Morgan fingerprint density at radius 2 is 1.41 bits per heavy atom. The Kier molecular flexibility index (Phi) is 8.04. The number of aromatic nitrogens is 1. The Hall–Kier alpha value is -3.73. The van der Waals surface area contributed by atoms with Crippen molar-refractivity contribution in [1.82, 2.24) is 19.7 Å². The van der Waals surface area contributed by atoms with Crippen LogP contribution >= 0.6 is 0 Å². The van der Waals surface area contributed by atoms with E-state index in [9.17, 15) is 4.39 Å². The maximum absolute atomic E-state index is 13.2. The first-order valence-corrected chi connectivity index (χ1v) is 14.8. The van der Waals surface area contributed by atoms with Gasteiger partial charge in [0, 0.05) is 69.8 Å². The van der Waals surface area contributed by atoms with Gasteiger partial charge in [-0.3, -0.25) is 9.80 Å². The number of piperidine rings is 1. The normalized spacial score (nSPS) is 19.4. The number of hydrogen-bond donors (Lipinski definition) is 0. The van der Waals surface area contributed by atoms with E-state index < -0.39 is 0 Å². The lowest BCUT2D eigenvalue weighted by Crippen LogP contribution is -2.44. The predicted octanol–water partition coefficient (Wildman–Crippen LogP) is 5.37. The summed E-state index contributed by atoms with van der Waals surface area (Å²) >= 11 is 0. The number of anilines is 1. The average molecular weight is 551 g/mol. The van der Waals surface area contributed by atoms with Crippen LogP contribution in [0.2, 0.25) is 0 Å². The van der Waals surface area contributed by atoms with Gasteiger partial charge in [-0.2, -0.15) is 5.26 Å². The summed E-state index contributed by atoms with van der Waals surface area (Å²) in [7, 11) is 0. The summed E-state index contributed by atoms with van der Waals surface area (Å²) in [5.41, 5.74) is 5.67. The van der Waals surface area contributed by atoms with Gasteiger partial charge in [-0.25, -0.2) is 9.37 Å². The second-order valence-electron chi connectivity index (χ2n) is 12.0. The van der Waals surface area contributed by atoms with Gasteiger partial charge in [0.2, 0.25) is 0 Å². The minimum atomic E-state index is -0.184. The van der Waals surface area contributed by atoms with E-state index in [1.165, 1.54) is 37.0 Å². The largest absolute Gasteiger partial charge is 0.369 e. The summed E-state index contributed by atoms with van der Waals surface area (Å²) in [6, 6.07) is 21.4. The van der Waals surface area contributed by atoms with Crippen LogP contribution in [0.25, 0.3) is 5.70 Å². The molecule has 3 aliphatic rings. The predicted molar refractivity (Wildman–Crippen MR) is 161 cm³/mol. The van der Waals surface area contributed by atoms with Crippen molar-refractivity contribution < 1.29 is 4.39 Å². The first-order valence-electron chi connectivity index (χ1n) is 14.8. The molecular weight excluding hydrogens is 511 g/mol. The molecular formula is C34H39FN6. The zero-order valence-electron chi connectivity index (χ0n) is 23.8. The molecule has 3 aliphatic heterocycles. The van der Waals surface area contributed by atoms with E-state index in [1.54, 1.807) is 0 Å². The molecule has 0 N–H and O–H groups in total. The molecule has 7 heteroatoms. The van der Waals surface area contributed by atoms with E-state index in [4.69, 9.17) is 10.2 Å². The first-order chi connectivity index (χ1) is 20.0. The number of benzene rings is 2. The quantitative estimate of drug-likeness (QED) is 0.394. The Morgan fingerprint density at radius 3 is 2.02 bits per heavy atom. The fourth-order valence-corrected chi connectivity index (χ4v) is 6.62. The fourth-order valence-electron chi connectivity index (χ4n) is 6.62. The minimum Gasteiger partial charge on any atom is -0.369 e. The molecule has 0 radical (unpaired) electrons. The molecule has 3 fully saturated rings. The van der Waals surface area contributed by atoms with Gasteiger partial charge in [-0.15, -0.1) is 0 Å². The van der Waals surface area contributed by atoms with Gasteiger partial charge in [-0.05, 0) is 85.3 Å². The molecule has 3 saturated heterocycles. The van der Waals surface area contributed by atoms with Crippen LogP contribution in [0, 0.1) is 22.6 Å². The molecule has 0 unspecified atom stereocenters. The lowest BCUT2D eigenvalue weighted by molar-refractivity contribution is 0.115. The van der Waals surface area contributed by atoms with Crippen LogP contribution in [0.3, 0.4) is 0 Å². The van der Waals surface area contributed by atoms with Crippen molar-refractivity contribution in [3.05, 3.63) is 102 Å². The second-order valence-corrected chi connectivity index (χ2v) is 12.0. The molecule has 41 heavy (non-hydrogen) atoms. The monoisotopic (exact) mass is 550 g/mol. The number of piperazine rings is 1. The van der Waals surface area contributed by atoms with Crippen molar-refractivity contribution in [3.8, 4) is 6.07 Å². The molecule has 6 nitrogen and oxygen atoms in total. The zero-order valence-corrected chi connectivity index (χ0v) is 23.8. The van der Waals surface area contributed by atoms with Gasteiger partial charge in [0.25, 0.3) is 0 Å². The van der Waals surface area contributed by atoms with Crippen molar-refractivity contribution in [3.63, 3.8) is 0 Å². The highest BCUT2D eigenvalue weighted by Crippen LogP contribution is 2.42. The zero-order chi connectivity index (χ0) is 28.2. The number of rotatable bonds is 7. The highest BCUT2D eigenvalue weighted by molar-refractivity contribution is 5.62. The molecule has 1 aromatic heterocycles. The molecule has 6 rings (SSSR count). The van der Waals surface area contributed by atoms with Crippen molar-refractivity contribution in [2.24, 2.45) is 5.41 Å². The van der Waals surface area contributed by atoms with E-state index in [-0.39, 0.29) is 5.82 Å². The Bertz CT molecular complexity index is 1360. The summed E-state index contributed by atoms with van der Waals surface area (Å²) in [6.45, 7) is 14.4. The van der Waals surface area contributed by atoms with Gasteiger partial charge in [0.05, 0.1) is 11.6 Å². The maximum atomic E-state index is 13.2. The topological polar surface area (TPSA) is 49.6 Å². The average Bonchev–Trinajstić information content (AvgIpc) is 3.43. The highest BCUT2D eigenvalue weighted by atomic mass is 19.1. The standard InChI is InChI=1S/C34H39FN6/c1-27(40-20-18-39(19-21-40)25-30-6-9-32(35)10-7-30)31-8-11-33(37-23-31)41-17-14-34(26-41)12-15-38(16-13-34)24-29-4-2-28(22-36)3-5-29/h2-11,23H,1,12-21,24-26H2. The third-order valence-corrected chi connectivity index (χ3v) is 9.32. The maximum Gasteiger partial charge on any atom is 0.128 e. The van der Waals surface area contributed by atoms with Gasteiger partial charge in [0.15, 0.2) is 0 Å². The van der Waals surface area contributed by atoms with Crippen molar-refractivity contribution in [2.45, 2.75) is 32.4 Å². The molecule has 2 aromatic carbocycles. The summed E-state index contributed by atoms with van der Waals surface area (Å²) < 4.78 is 13.2. The SMILES string of the molecule is C=C(c1ccc(N2CCC3(CCN(Cc4ccc(C#N)cc4)CC3)C2)nc1)N1CCN(Cc2ccc(F)cc2)CC1. The molecule has 1 spiro atoms. The van der Waals surface area contributed by atoms with Gasteiger partial charge >= 0.3 is 0 Å². The van der Waals surface area contributed by atoms with Crippen LogP contribution in [-0.2, 0) is 13.1 Å². The smallest absolute Gasteiger partial charge is 0.128 e. The number of halogens is 1. The highest BCUT2D eigenvalue weighted by Gasteiger charge is 2.40. The Labute approximate surface area is 243 Å². The van der Waals surface area contributed by atoms with Gasteiger partial charge < -0.3 is 9.80 Å². The molecule has 3 aromatic rings. The minimum absolute atomic E-state index is 0.184. The van der Waals surface area contributed by atoms with Crippen LogP contribution in [-0.4, -0.2) is 72.0 Å². The van der Waals surface area contributed by atoms with Crippen molar-refractivity contribution in [2.75, 3.05) is 57.3 Å². The second kappa shape index (κ2) is 12.0. The van der Waals surface area contributed by atoms with E-state index >= 15 is 0 Å². The third kappa shape index (κ3) is 6.45. The molecule has 0 bridgehead atoms. The van der Waals surface area contributed by atoms with Crippen LogP contribution < -0.4 is 4.90 Å². The molecule has 0 atom stereocenters. The summed E-state index contributed by atoms with van der Waals surface area (Å²) in [5.74, 6) is 0.888. The van der Waals surface area contributed by atoms with E-state index in [0.717, 1.165) is 93.7 Å². The number of hydrogen-bond acceptors (Lipinski definition) is 6. The van der Waals surface area contributed by atoms with Crippen molar-refractivity contribution >= 4 is 11.5 Å². The first kappa shape index (κ1) is 27.4. The lowest BCUT2D eigenvalue weighted by atomic mass is 9.77. The summed E-state index contributed by atoms with van der Waals surface area (Å²) in [5, 5.41) is 9.03. The van der Waals surface area contributed by atoms with E-state index in [2.05, 4.69) is 56.5 Å². The molecule has 0 saturated carbocycles. The summed E-state index contributed by atoms with van der Waals surface area (Å²) in [4.78, 5) is 14.7.